The third kappa shape index (κ3) is 4.25. The molecular formula is C18H20O4. The number of hydrogen-bond acceptors (Lipinski definition) is 3. The normalized spacial score (nSPS) is 10.3. The number of benzene rings is 2. The van der Waals surface area contributed by atoms with E-state index in [0.717, 1.165) is 16.9 Å². The van der Waals surface area contributed by atoms with Crippen molar-refractivity contribution < 1.29 is 19.4 Å². The molecule has 4 nitrogen and oxygen atoms in total. The number of ether oxygens (including phenoxy) is 2. The zero-order valence-electron chi connectivity index (χ0n) is 12.8. The largest absolute Gasteiger partial charge is 0.493 e. The van der Waals surface area contributed by atoms with Gasteiger partial charge in [-0.05, 0) is 43.2 Å². The highest BCUT2D eigenvalue weighted by atomic mass is 16.5. The first kappa shape index (κ1) is 15.9. The summed E-state index contributed by atoms with van der Waals surface area (Å²) in [6.07, 6.45) is 0.682. The molecule has 2 rings (SSSR count). The summed E-state index contributed by atoms with van der Waals surface area (Å²) in [6.45, 7) is 4.97. The summed E-state index contributed by atoms with van der Waals surface area (Å²) in [5, 5.41) is 9.07. The average Bonchev–Trinajstić information content (AvgIpc) is 2.50. The Hall–Kier alpha value is -2.49. The summed E-state index contributed by atoms with van der Waals surface area (Å²) < 4.78 is 11.3. The topological polar surface area (TPSA) is 55.8 Å². The summed E-state index contributed by atoms with van der Waals surface area (Å²) in [7, 11) is 0. The Balaban J connectivity index is 1.81. The van der Waals surface area contributed by atoms with Gasteiger partial charge in [0, 0.05) is 6.42 Å². The maximum absolute atomic E-state index is 11.1. The lowest BCUT2D eigenvalue weighted by Crippen LogP contribution is -2.08. The molecule has 1 N–H and O–H groups in total. The van der Waals surface area contributed by atoms with Gasteiger partial charge in [0.25, 0.3) is 0 Å². The van der Waals surface area contributed by atoms with Crippen LogP contribution in [0, 0.1) is 13.8 Å². The lowest BCUT2D eigenvalue weighted by Gasteiger charge is -2.11. The molecular weight excluding hydrogens is 280 g/mol. The number of carboxylic acid groups (broad SMARTS) is 1. The lowest BCUT2D eigenvalue weighted by molar-refractivity contribution is 0.0692. The highest BCUT2D eigenvalue weighted by molar-refractivity contribution is 5.90. The second kappa shape index (κ2) is 7.50. The van der Waals surface area contributed by atoms with Crippen LogP contribution in [0.3, 0.4) is 0 Å². The molecule has 0 atom stereocenters. The summed E-state index contributed by atoms with van der Waals surface area (Å²) in [5.74, 6) is 0.287. The van der Waals surface area contributed by atoms with Crippen molar-refractivity contribution in [1.82, 2.24) is 0 Å². The summed E-state index contributed by atoms with van der Waals surface area (Å²) >= 11 is 0. The maximum atomic E-state index is 11.1. The number of aromatic carboxylic acids is 1. The molecule has 0 bridgehead atoms. The van der Waals surface area contributed by atoms with E-state index in [4.69, 9.17) is 14.6 Å². The first-order valence-corrected chi connectivity index (χ1v) is 7.23. The lowest BCUT2D eigenvalue weighted by atomic mass is 10.1. The minimum Gasteiger partial charge on any atom is -0.493 e. The fourth-order valence-electron chi connectivity index (χ4n) is 2.06. The molecule has 0 aromatic heterocycles. The van der Waals surface area contributed by atoms with Gasteiger partial charge in [-0.1, -0.05) is 24.3 Å². The van der Waals surface area contributed by atoms with Crippen LogP contribution in [0.5, 0.6) is 11.5 Å². The standard InChI is InChI=1S/C18H20O4/c1-13-8-9-14(2)17(12-13)22-11-5-10-21-16-7-4-3-6-15(16)18(19)20/h3-4,6-9,12H,5,10-11H2,1-2H3,(H,19,20). The molecule has 0 unspecified atom stereocenters. The fraction of sp³-hybridized carbons (Fsp3) is 0.278. The van der Waals surface area contributed by atoms with E-state index in [-0.39, 0.29) is 5.56 Å². The molecule has 0 spiro atoms. The first-order valence-electron chi connectivity index (χ1n) is 7.23. The van der Waals surface area contributed by atoms with E-state index in [9.17, 15) is 4.79 Å². The number of carboxylic acids is 1. The molecule has 2 aromatic carbocycles. The molecule has 0 radical (unpaired) electrons. The Labute approximate surface area is 130 Å². The first-order chi connectivity index (χ1) is 10.6. The molecule has 0 saturated heterocycles. The molecule has 0 heterocycles. The van der Waals surface area contributed by atoms with Gasteiger partial charge >= 0.3 is 5.97 Å². The van der Waals surface area contributed by atoms with Gasteiger partial charge in [-0.2, -0.15) is 0 Å². The van der Waals surface area contributed by atoms with Crippen molar-refractivity contribution in [2.75, 3.05) is 13.2 Å². The van der Waals surface area contributed by atoms with Crippen LogP contribution in [0.2, 0.25) is 0 Å². The Kier molecular flexibility index (Phi) is 5.42. The van der Waals surface area contributed by atoms with Gasteiger partial charge in [-0.15, -0.1) is 0 Å². The highest BCUT2D eigenvalue weighted by Crippen LogP contribution is 2.20. The Bertz CT molecular complexity index is 649. The quantitative estimate of drug-likeness (QED) is 0.789. The van der Waals surface area contributed by atoms with Crippen molar-refractivity contribution in [3.05, 3.63) is 59.2 Å². The predicted molar refractivity (Wildman–Crippen MR) is 84.9 cm³/mol. The van der Waals surface area contributed by atoms with Crippen LogP contribution in [0.15, 0.2) is 42.5 Å². The van der Waals surface area contributed by atoms with Crippen LogP contribution in [-0.4, -0.2) is 24.3 Å². The van der Waals surface area contributed by atoms with Crippen molar-refractivity contribution >= 4 is 5.97 Å². The van der Waals surface area contributed by atoms with Crippen LogP contribution in [0.25, 0.3) is 0 Å². The molecule has 2 aromatic rings. The average molecular weight is 300 g/mol. The molecule has 0 amide bonds. The predicted octanol–water partition coefficient (Wildman–Crippen LogP) is 3.85. The van der Waals surface area contributed by atoms with E-state index in [1.165, 1.54) is 6.07 Å². The van der Waals surface area contributed by atoms with E-state index in [2.05, 4.69) is 0 Å². The Morgan fingerprint density at radius 2 is 1.68 bits per heavy atom. The maximum Gasteiger partial charge on any atom is 0.339 e. The molecule has 0 aliphatic carbocycles. The zero-order chi connectivity index (χ0) is 15.9. The van der Waals surface area contributed by atoms with Gasteiger partial charge < -0.3 is 14.6 Å². The van der Waals surface area contributed by atoms with Gasteiger partial charge in [0.05, 0.1) is 13.2 Å². The van der Waals surface area contributed by atoms with Crippen molar-refractivity contribution in [2.24, 2.45) is 0 Å². The monoisotopic (exact) mass is 300 g/mol. The van der Waals surface area contributed by atoms with Gasteiger partial charge in [-0.3, -0.25) is 0 Å². The zero-order valence-corrected chi connectivity index (χ0v) is 12.8. The number of aryl methyl sites for hydroxylation is 2. The molecule has 0 fully saturated rings. The Morgan fingerprint density at radius 3 is 2.41 bits per heavy atom. The summed E-state index contributed by atoms with van der Waals surface area (Å²) in [5.41, 5.74) is 2.44. The van der Waals surface area contributed by atoms with Crippen molar-refractivity contribution in [2.45, 2.75) is 20.3 Å². The number of rotatable bonds is 7. The van der Waals surface area contributed by atoms with E-state index in [1.807, 2.05) is 32.0 Å². The molecule has 4 heteroatoms. The third-order valence-corrected chi connectivity index (χ3v) is 3.26. The summed E-state index contributed by atoms with van der Waals surface area (Å²) in [6, 6.07) is 12.7. The van der Waals surface area contributed by atoms with Crippen LogP contribution in [-0.2, 0) is 0 Å². The van der Waals surface area contributed by atoms with E-state index in [0.29, 0.717) is 25.4 Å². The minimum atomic E-state index is -0.984. The van der Waals surface area contributed by atoms with E-state index < -0.39 is 5.97 Å². The van der Waals surface area contributed by atoms with Gasteiger partial charge in [-0.25, -0.2) is 4.79 Å². The molecule has 22 heavy (non-hydrogen) atoms. The number of hydrogen-bond donors (Lipinski definition) is 1. The SMILES string of the molecule is Cc1ccc(C)c(OCCCOc2ccccc2C(=O)O)c1. The fourth-order valence-corrected chi connectivity index (χ4v) is 2.06. The Morgan fingerprint density at radius 1 is 1.00 bits per heavy atom. The van der Waals surface area contributed by atoms with E-state index >= 15 is 0 Å². The van der Waals surface area contributed by atoms with Crippen LogP contribution >= 0.6 is 0 Å². The van der Waals surface area contributed by atoms with Crippen LogP contribution in [0.4, 0.5) is 0 Å². The second-order valence-electron chi connectivity index (χ2n) is 5.12. The molecule has 0 saturated carbocycles. The smallest absolute Gasteiger partial charge is 0.339 e. The number of carbonyl (C=O) groups is 1. The van der Waals surface area contributed by atoms with Crippen molar-refractivity contribution in [3.63, 3.8) is 0 Å². The highest BCUT2D eigenvalue weighted by Gasteiger charge is 2.09. The minimum absolute atomic E-state index is 0.179. The van der Waals surface area contributed by atoms with Gasteiger partial charge in [0.2, 0.25) is 0 Å². The third-order valence-electron chi connectivity index (χ3n) is 3.26. The van der Waals surface area contributed by atoms with Gasteiger partial charge in [0.1, 0.15) is 17.1 Å². The van der Waals surface area contributed by atoms with Crippen LogP contribution in [0.1, 0.15) is 27.9 Å². The van der Waals surface area contributed by atoms with E-state index in [1.54, 1.807) is 18.2 Å². The van der Waals surface area contributed by atoms with Gasteiger partial charge in [0.15, 0.2) is 0 Å². The van der Waals surface area contributed by atoms with Crippen molar-refractivity contribution in [1.29, 1.82) is 0 Å². The summed E-state index contributed by atoms with van der Waals surface area (Å²) in [4.78, 5) is 11.1. The molecule has 116 valence electrons. The van der Waals surface area contributed by atoms with Crippen molar-refractivity contribution in [3.8, 4) is 11.5 Å². The van der Waals surface area contributed by atoms with Crippen LogP contribution < -0.4 is 9.47 Å². The molecule has 0 aliphatic heterocycles. The second-order valence-corrected chi connectivity index (χ2v) is 5.12. The molecule has 0 aliphatic rings. The number of para-hydroxylation sites is 1.